The number of hydrogen-bond acceptors (Lipinski definition) is 6. The van der Waals surface area contributed by atoms with E-state index in [1.54, 1.807) is 41.7 Å². The number of rotatable bonds is 7. The highest BCUT2D eigenvalue weighted by molar-refractivity contribution is 7.18. The average molecular weight is 437 g/mol. The van der Waals surface area contributed by atoms with Gasteiger partial charge in [0.25, 0.3) is 5.91 Å². The van der Waals surface area contributed by atoms with E-state index in [1.807, 2.05) is 41.6 Å². The zero-order chi connectivity index (χ0) is 20.9. The summed E-state index contributed by atoms with van der Waals surface area (Å²) in [6.07, 6.45) is 0. The van der Waals surface area contributed by atoms with Crippen LogP contribution in [0.3, 0.4) is 0 Å². The standard InChI is InChI=1S/C22H20N4O2S2/c1-26(14-21-25-17-5-2-3-6-18(17)30-21)13-20(27)23-15-8-10-16(11-9-15)24-22(28)19-7-4-12-29-19/h2-12H,13-14H2,1H3,(H,23,27)(H,24,28). The Labute approximate surface area is 182 Å². The minimum Gasteiger partial charge on any atom is -0.325 e. The molecule has 0 aliphatic heterocycles. The van der Waals surface area contributed by atoms with E-state index in [0.717, 1.165) is 15.2 Å². The van der Waals surface area contributed by atoms with E-state index in [0.29, 0.717) is 22.8 Å². The summed E-state index contributed by atoms with van der Waals surface area (Å²) in [5.74, 6) is -0.243. The van der Waals surface area contributed by atoms with Crippen LogP contribution >= 0.6 is 22.7 Å². The molecular formula is C22H20N4O2S2. The number of para-hydroxylation sites is 1. The van der Waals surface area contributed by atoms with Crippen LogP contribution in [0.5, 0.6) is 0 Å². The lowest BCUT2D eigenvalue weighted by molar-refractivity contribution is -0.117. The van der Waals surface area contributed by atoms with E-state index in [4.69, 9.17) is 0 Å². The van der Waals surface area contributed by atoms with Gasteiger partial charge >= 0.3 is 0 Å². The molecular weight excluding hydrogens is 416 g/mol. The first-order valence-corrected chi connectivity index (χ1v) is 11.0. The van der Waals surface area contributed by atoms with Crippen molar-refractivity contribution in [2.75, 3.05) is 24.2 Å². The molecule has 4 rings (SSSR count). The number of nitrogens with one attached hydrogen (secondary N) is 2. The first-order chi connectivity index (χ1) is 14.6. The van der Waals surface area contributed by atoms with Crippen LogP contribution in [0, 0.1) is 0 Å². The van der Waals surface area contributed by atoms with Gasteiger partial charge in [-0.05, 0) is 54.9 Å². The van der Waals surface area contributed by atoms with E-state index in [2.05, 4.69) is 21.7 Å². The van der Waals surface area contributed by atoms with Crippen molar-refractivity contribution < 1.29 is 9.59 Å². The van der Waals surface area contributed by atoms with Gasteiger partial charge in [-0.1, -0.05) is 18.2 Å². The van der Waals surface area contributed by atoms with Gasteiger partial charge in [0.1, 0.15) is 5.01 Å². The lowest BCUT2D eigenvalue weighted by Gasteiger charge is -2.15. The van der Waals surface area contributed by atoms with Crippen molar-refractivity contribution in [1.29, 1.82) is 0 Å². The number of likely N-dealkylation sites (N-methyl/N-ethyl adjacent to an activating group) is 1. The van der Waals surface area contributed by atoms with Crippen LogP contribution in [0.15, 0.2) is 66.0 Å². The first-order valence-electron chi connectivity index (χ1n) is 9.34. The third-order valence-electron chi connectivity index (χ3n) is 4.33. The van der Waals surface area contributed by atoms with Crippen LogP contribution in [0.4, 0.5) is 11.4 Å². The van der Waals surface area contributed by atoms with Gasteiger partial charge in [0, 0.05) is 11.4 Å². The predicted molar refractivity (Wildman–Crippen MR) is 123 cm³/mol. The van der Waals surface area contributed by atoms with Crippen LogP contribution in [0.25, 0.3) is 10.2 Å². The predicted octanol–water partition coefficient (Wildman–Crippen LogP) is 4.68. The molecule has 2 amide bonds. The molecule has 2 N–H and O–H groups in total. The number of thiazole rings is 1. The van der Waals surface area contributed by atoms with Gasteiger partial charge in [0.05, 0.1) is 28.2 Å². The molecule has 0 radical (unpaired) electrons. The fraction of sp³-hybridized carbons (Fsp3) is 0.136. The second kappa shape index (κ2) is 9.17. The monoisotopic (exact) mass is 436 g/mol. The molecule has 30 heavy (non-hydrogen) atoms. The van der Waals surface area contributed by atoms with Gasteiger partial charge < -0.3 is 10.6 Å². The number of benzene rings is 2. The molecule has 0 saturated carbocycles. The van der Waals surface area contributed by atoms with Crippen LogP contribution in [-0.4, -0.2) is 35.3 Å². The van der Waals surface area contributed by atoms with E-state index < -0.39 is 0 Å². The molecule has 152 valence electrons. The lowest BCUT2D eigenvalue weighted by atomic mass is 10.2. The summed E-state index contributed by atoms with van der Waals surface area (Å²) >= 11 is 3.04. The minimum absolute atomic E-state index is 0.103. The molecule has 0 unspecified atom stereocenters. The highest BCUT2D eigenvalue weighted by Gasteiger charge is 2.11. The number of nitrogens with zero attached hydrogens (tertiary/aromatic N) is 2. The number of anilines is 2. The molecule has 0 aliphatic carbocycles. The van der Waals surface area contributed by atoms with Gasteiger partial charge in [-0.25, -0.2) is 4.98 Å². The van der Waals surface area contributed by atoms with Crippen molar-refractivity contribution in [2.24, 2.45) is 0 Å². The SMILES string of the molecule is CN(CC(=O)Nc1ccc(NC(=O)c2cccs2)cc1)Cc1nc2ccccc2s1. The topological polar surface area (TPSA) is 74.3 Å². The molecule has 2 heterocycles. The van der Waals surface area contributed by atoms with Gasteiger partial charge in [-0.2, -0.15) is 0 Å². The van der Waals surface area contributed by atoms with E-state index in [-0.39, 0.29) is 18.4 Å². The number of aromatic nitrogens is 1. The van der Waals surface area contributed by atoms with Crippen molar-refractivity contribution in [3.8, 4) is 0 Å². The Morgan fingerprint density at radius 3 is 2.40 bits per heavy atom. The number of fused-ring (bicyclic) bond motifs is 1. The molecule has 4 aromatic rings. The van der Waals surface area contributed by atoms with Crippen LogP contribution < -0.4 is 10.6 Å². The zero-order valence-corrected chi connectivity index (χ0v) is 17.9. The fourth-order valence-electron chi connectivity index (χ4n) is 2.96. The second-order valence-corrected chi connectivity index (χ2v) is 8.87. The van der Waals surface area contributed by atoms with Crippen molar-refractivity contribution >= 4 is 56.1 Å². The lowest BCUT2D eigenvalue weighted by Crippen LogP contribution is -2.29. The van der Waals surface area contributed by atoms with Gasteiger partial charge in [0.2, 0.25) is 5.91 Å². The maximum absolute atomic E-state index is 12.4. The van der Waals surface area contributed by atoms with Crippen molar-refractivity contribution in [3.05, 3.63) is 75.9 Å². The Morgan fingerprint density at radius 2 is 1.70 bits per heavy atom. The maximum atomic E-state index is 12.4. The number of carbonyl (C=O) groups is 2. The Hall–Kier alpha value is -3.07. The molecule has 0 spiro atoms. The van der Waals surface area contributed by atoms with Gasteiger partial charge in [-0.3, -0.25) is 14.5 Å². The molecule has 2 aromatic carbocycles. The number of thiophene rings is 1. The van der Waals surface area contributed by atoms with Crippen molar-refractivity contribution in [1.82, 2.24) is 9.88 Å². The largest absolute Gasteiger partial charge is 0.325 e. The van der Waals surface area contributed by atoms with E-state index in [9.17, 15) is 9.59 Å². The molecule has 0 atom stereocenters. The summed E-state index contributed by atoms with van der Waals surface area (Å²) in [5.41, 5.74) is 2.35. The smallest absolute Gasteiger partial charge is 0.265 e. The van der Waals surface area contributed by atoms with Crippen molar-refractivity contribution in [2.45, 2.75) is 6.54 Å². The third-order valence-corrected chi connectivity index (χ3v) is 6.22. The summed E-state index contributed by atoms with van der Waals surface area (Å²) in [6.45, 7) is 0.868. The zero-order valence-electron chi connectivity index (χ0n) is 16.3. The maximum Gasteiger partial charge on any atom is 0.265 e. The highest BCUT2D eigenvalue weighted by Crippen LogP contribution is 2.22. The second-order valence-electron chi connectivity index (χ2n) is 6.80. The Morgan fingerprint density at radius 1 is 0.967 bits per heavy atom. The fourth-order valence-corrected chi connectivity index (χ4v) is 4.62. The van der Waals surface area contributed by atoms with Crippen LogP contribution in [0.1, 0.15) is 14.7 Å². The summed E-state index contributed by atoms with van der Waals surface area (Å²) in [4.78, 5) is 31.6. The number of carbonyl (C=O) groups excluding carboxylic acids is 2. The van der Waals surface area contributed by atoms with Crippen LogP contribution in [-0.2, 0) is 11.3 Å². The number of amides is 2. The summed E-state index contributed by atoms with van der Waals surface area (Å²) in [7, 11) is 1.90. The first kappa shape index (κ1) is 20.2. The van der Waals surface area contributed by atoms with Gasteiger partial charge in [0.15, 0.2) is 0 Å². The normalized spacial score (nSPS) is 11.0. The van der Waals surface area contributed by atoms with Gasteiger partial charge in [-0.15, -0.1) is 22.7 Å². The molecule has 2 aromatic heterocycles. The molecule has 0 fully saturated rings. The Kier molecular flexibility index (Phi) is 6.18. The third kappa shape index (κ3) is 5.10. The van der Waals surface area contributed by atoms with Crippen molar-refractivity contribution in [3.63, 3.8) is 0 Å². The number of hydrogen-bond donors (Lipinski definition) is 2. The summed E-state index contributed by atoms with van der Waals surface area (Å²) in [5, 5.41) is 8.57. The molecule has 0 bridgehead atoms. The van der Waals surface area contributed by atoms with E-state index >= 15 is 0 Å². The Balaban J connectivity index is 1.28. The van der Waals surface area contributed by atoms with E-state index in [1.165, 1.54) is 11.3 Å². The molecule has 8 heteroatoms. The quantitative estimate of drug-likeness (QED) is 0.441. The Bertz CT molecular complexity index is 1120. The minimum atomic E-state index is -0.141. The summed E-state index contributed by atoms with van der Waals surface area (Å²) < 4.78 is 1.15. The summed E-state index contributed by atoms with van der Waals surface area (Å²) in [6, 6.07) is 18.7. The molecule has 0 saturated heterocycles. The average Bonchev–Trinajstić information content (AvgIpc) is 3.38. The highest BCUT2D eigenvalue weighted by atomic mass is 32.1. The van der Waals surface area contributed by atoms with Crippen LogP contribution in [0.2, 0.25) is 0 Å². The molecule has 6 nitrogen and oxygen atoms in total. The molecule has 0 aliphatic rings.